The van der Waals surface area contributed by atoms with Crippen LogP contribution in [-0.2, 0) is 0 Å². The molecule has 92 valence electrons. The second-order valence-corrected chi connectivity index (χ2v) is 3.03. The Morgan fingerprint density at radius 1 is 1.11 bits per heavy atom. The summed E-state index contributed by atoms with van der Waals surface area (Å²) < 4.78 is 1.97. The highest BCUT2D eigenvalue weighted by Crippen LogP contribution is 1.98. The van der Waals surface area contributed by atoms with Crippen molar-refractivity contribution in [3.8, 4) is 0 Å². The van der Waals surface area contributed by atoms with Crippen LogP contribution in [0.1, 0.15) is 6.92 Å². The highest BCUT2D eigenvalue weighted by Gasteiger charge is 1.85. The zero-order valence-electron chi connectivity index (χ0n) is 10.1. The van der Waals surface area contributed by atoms with Gasteiger partial charge in [-0.3, -0.25) is 0 Å². The summed E-state index contributed by atoms with van der Waals surface area (Å²) in [6.07, 6.45) is 9.90. The molecule has 0 saturated carbocycles. The summed E-state index contributed by atoms with van der Waals surface area (Å²) >= 11 is 0. The molecule has 0 amide bonds. The van der Waals surface area contributed by atoms with Crippen LogP contribution >= 0.6 is 0 Å². The number of nitrogens with zero attached hydrogens (tertiary/aromatic N) is 6. The van der Waals surface area contributed by atoms with Crippen LogP contribution in [0.5, 0.6) is 0 Å². The monoisotopic (exact) mass is 242 g/mol. The summed E-state index contributed by atoms with van der Waals surface area (Å²) in [6, 6.07) is 6.00. The van der Waals surface area contributed by atoms with E-state index in [1.54, 1.807) is 12.4 Å². The molecule has 3 heterocycles. The van der Waals surface area contributed by atoms with E-state index in [1.165, 1.54) is 12.7 Å². The lowest BCUT2D eigenvalue weighted by atomic mass is 10.4. The molecule has 0 atom stereocenters. The van der Waals surface area contributed by atoms with E-state index in [9.17, 15) is 0 Å². The van der Waals surface area contributed by atoms with E-state index in [0.29, 0.717) is 0 Å². The van der Waals surface area contributed by atoms with Crippen molar-refractivity contribution >= 4 is 5.52 Å². The Labute approximate surface area is 105 Å². The summed E-state index contributed by atoms with van der Waals surface area (Å²) in [5.74, 6) is 0. The Morgan fingerprint density at radius 2 is 1.72 bits per heavy atom. The molecule has 0 spiro atoms. The lowest BCUT2D eigenvalue weighted by Gasteiger charge is -1.86. The maximum atomic E-state index is 3.96. The number of rotatable bonds is 0. The lowest BCUT2D eigenvalue weighted by Crippen LogP contribution is -1.81. The van der Waals surface area contributed by atoms with Gasteiger partial charge in [0.25, 0.3) is 0 Å². The van der Waals surface area contributed by atoms with Gasteiger partial charge in [-0.25, -0.2) is 4.98 Å². The van der Waals surface area contributed by atoms with Gasteiger partial charge in [0, 0.05) is 6.20 Å². The van der Waals surface area contributed by atoms with Crippen LogP contribution in [0.4, 0.5) is 0 Å². The minimum atomic E-state index is 1.14. The summed E-state index contributed by atoms with van der Waals surface area (Å²) in [5, 5.41) is 13.4. The summed E-state index contributed by atoms with van der Waals surface area (Å²) in [6.45, 7) is 5.25. The molecule has 6 heteroatoms. The molecule has 6 nitrogen and oxygen atoms in total. The average Bonchev–Trinajstić information content (AvgIpc) is 2.91. The van der Waals surface area contributed by atoms with Crippen LogP contribution < -0.4 is 0 Å². The highest BCUT2D eigenvalue weighted by atomic mass is 15.2. The van der Waals surface area contributed by atoms with Crippen molar-refractivity contribution < 1.29 is 0 Å². The third kappa shape index (κ3) is 4.93. The SMILES string of the molecule is C=CC.c1ccn2cncc2c1.c1nncnn1. The largest absolute Gasteiger partial charge is 0.306 e. The Morgan fingerprint density at radius 3 is 2.22 bits per heavy atom. The van der Waals surface area contributed by atoms with E-state index >= 15 is 0 Å². The number of allylic oxidation sites excluding steroid dienone is 1. The minimum Gasteiger partial charge on any atom is -0.306 e. The molecule has 3 aromatic rings. The first-order chi connectivity index (χ1) is 8.88. The molecule has 18 heavy (non-hydrogen) atoms. The number of hydrogen-bond donors (Lipinski definition) is 0. The van der Waals surface area contributed by atoms with Crippen LogP contribution in [0.3, 0.4) is 0 Å². The van der Waals surface area contributed by atoms with Gasteiger partial charge in [-0.15, -0.1) is 27.0 Å². The van der Waals surface area contributed by atoms with Gasteiger partial charge < -0.3 is 4.40 Å². The first-order valence-corrected chi connectivity index (χ1v) is 5.25. The van der Waals surface area contributed by atoms with E-state index in [-0.39, 0.29) is 0 Å². The predicted molar refractivity (Wildman–Crippen MR) is 68.7 cm³/mol. The fraction of sp³-hybridized carbons (Fsp3) is 0.0833. The van der Waals surface area contributed by atoms with Gasteiger partial charge in [-0.1, -0.05) is 12.1 Å². The van der Waals surface area contributed by atoms with Gasteiger partial charge in [0.2, 0.25) is 0 Å². The Bertz CT molecular complexity index is 492. The van der Waals surface area contributed by atoms with Crippen molar-refractivity contribution in [3.05, 3.63) is 62.2 Å². The smallest absolute Gasteiger partial charge is 0.160 e. The van der Waals surface area contributed by atoms with Gasteiger partial charge in [-0.2, -0.15) is 0 Å². The summed E-state index contributed by atoms with van der Waals surface area (Å²) in [5.41, 5.74) is 1.14. The van der Waals surface area contributed by atoms with Gasteiger partial charge in [0.15, 0.2) is 12.7 Å². The van der Waals surface area contributed by atoms with E-state index in [2.05, 4.69) is 32.0 Å². The molecule has 3 aromatic heterocycles. The van der Waals surface area contributed by atoms with Gasteiger partial charge in [0.1, 0.15) is 0 Å². The maximum absolute atomic E-state index is 3.96. The first kappa shape index (κ1) is 13.4. The van der Waals surface area contributed by atoms with Gasteiger partial charge in [0.05, 0.1) is 18.0 Å². The van der Waals surface area contributed by atoms with Crippen molar-refractivity contribution in [3.63, 3.8) is 0 Å². The third-order valence-electron chi connectivity index (χ3n) is 1.66. The highest BCUT2D eigenvalue weighted by molar-refractivity contribution is 5.43. The number of hydrogen-bond acceptors (Lipinski definition) is 5. The van der Waals surface area contributed by atoms with Gasteiger partial charge in [-0.05, 0) is 19.1 Å². The van der Waals surface area contributed by atoms with Crippen LogP contribution in [0.15, 0.2) is 62.2 Å². The Balaban J connectivity index is 0.000000157. The Kier molecular flexibility index (Phi) is 6.35. The molecule has 0 aliphatic heterocycles. The van der Waals surface area contributed by atoms with Crippen molar-refractivity contribution in [2.45, 2.75) is 6.92 Å². The van der Waals surface area contributed by atoms with Crippen LogP contribution in [0.25, 0.3) is 5.52 Å². The second-order valence-electron chi connectivity index (χ2n) is 3.03. The molecule has 0 N–H and O–H groups in total. The zero-order valence-corrected chi connectivity index (χ0v) is 10.1. The number of pyridine rings is 1. The average molecular weight is 242 g/mol. The molecule has 3 rings (SSSR count). The Hall–Kier alpha value is -2.63. The molecule has 0 aliphatic carbocycles. The zero-order chi connectivity index (χ0) is 13.1. The van der Waals surface area contributed by atoms with Crippen LogP contribution in [0, 0.1) is 0 Å². The van der Waals surface area contributed by atoms with Crippen molar-refractivity contribution in [1.82, 2.24) is 29.8 Å². The van der Waals surface area contributed by atoms with Crippen molar-refractivity contribution in [2.75, 3.05) is 0 Å². The fourth-order valence-corrected chi connectivity index (χ4v) is 1.03. The molecular formula is C12H14N6. The number of aromatic nitrogens is 6. The minimum absolute atomic E-state index is 1.14. The number of fused-ring (bicyclic) bond motifs is 1. The molecule has 0 aliphatic rings. The first-order valence-electron chi connectivity index (χ1n) is 5.25. The topological polar surface area (TPSA) is 68.9 Å². The van der Waals surface area contributed by atoms with Crippen molar-refractivity contribution in [2.24, 2.45) is 0 Å². The molecule has 0 saturated heterocycles. The standard InChI is InChI=1S/C7H6N2.C3H6.C2H2N4/c1-2-4-9-6-8-5-7(9)3-1;1-3-2;1-3-5-2-6-4-1/h1-6H;3H,1H2,2H3;1-2H. The van der Waals surface area contributed by atoms with E-state index in [1.807, 2.05) is 41.9 Å². The van der Waals surface area contributed by atoms with E-state index in [0.717, 1.165) is 5.52 Å². The van der Waals surface area contributed by atoms with Gasteiger partial charge >= 0.3 is 0 Å². The fourth-order valence-electron chi connectivity index (χ4n) is 1.03. The molecule has 0 fully saturated rings. The van der Waals surface area contributed by atoms with Crippen molar-refractivity contribution in [1.29, 1.82) is 0 Å². The summed E-state index contributed by atoms with van der Waals surface area (Å²) in [7, 11) is 0. The quantitative estimate of drug-likeness (QED) is 0.562. The lowest BCUT2D eigenvalue weighted by molar-refractivity contribution is 0.853. The predicted octanol–water partition coefficient (Wildman–Crippen LogP) is 1.79. The normalized spacial score (nSPS) is 8.50. The number of imidazole rings is 1. The molecule has 0 bridgehead atoms. The van der Waals surface area contributed by atoms with E-state index in [4.69, 9.17) is 0 Å². The second kappa shape index (κ2) is 8.51. The summed E-state index contributed by atoms with van der Waals surface area (Å²) in [4.78, 5) is 3.96. The molecule has 0 radical (unpaired) electrons. The van der Waals surface area contributed by atoms with E-state index < -0.39 is 0 Å². The molecule has 0 unspecified atom stereocenters. The third-order valence-corrected chi connectivity index (χ3v) is 1.66. The van der Waals surface area contributed by atoms with Crippen LogP contribution in [-0.4, -0.2) is 29.8 Å². The molecular weight excluding hydrogens is 228 g/mol. The van der Waals surface area contributed by atoms with Crippen LogP contribution in [0.2, 0.25) is 0 Å². The maximum Gasteiger partial charge on any atom is 0.160 e. The molecule has 0 aromatic carbocycles.